The van der Waals surface area contributed by atoms with E-state index in [9.17, 15) is 9.59 Å². The molecule has 0 heterocycles. The van der Waals surface area contributed by atoms with Crippen LogP contribution in [0.1, 0.15) is 51.2 Å². The third kappa shape index (κ3) is 6.84. The van der Waals surface area contributed by atoms with Crippen LogP contribution in [0, 0.1) is 11.3 Å². The van der Waals surface area contributed by atoms with Crippen LogP contribution < -0.4 is 10.2 Å². The molecular formula is C26H35N3O2. The molecule has 0 unspecified atom stereocenters. The highest BCUT2D eigenvalue weighted by molar-refractivity contribution is 5.94. The Morgan fingerprint density at radius 1 is 1.00 bits per heavy atom. The number of nitrogens with one attached hydrogen (secondary N) is 1. The molecule has 0 radical (unpaired) electrons. The van der Waals surface area contributed by atoms with Crippen molar-refractivity contribution in [3.63, 3.8) is 0 Å². The maximum absolute atomic E-state index is 13.3. The van der Waals surface area contributed by atoms with Crippen molar-refractivity contribution in [3.05, 3.63) is 59.7 Å². The van der Waals surface area contributed by atoms with Gasteiger partial charge in [-0.05, 0) is 47.6 Å². The van der Waals surface area contributed by atoms with Crippen LogP contribution in [0.25, 0.3) is 0 Å². The van der Waals surface area contributed by atoms with E-state index in [-0.39, 0.29) is 23.1 Å². The summed E-state index contributed by atoms with van der Waals surface area (Å²) in [5.74, 6) is 0.377. The number of benzene rings is 2. The van der Waals surface area contributed by atoms with Gasteiger partial charge < -0.3 is 15.1 Å². The maximum atomic E-state index is 13.3. The molecule has 0 aliphatic heterocycles. The molecule has 1 saturated carbocycles. The summed E-state index contributed by atoms with van der Waals surface area (Å²) in [6.07, 6.45) is 2.43. The topological polar surface area (TPSA) is 52.7 Å². The first-order chi connectivity index (χ1) is 14.6. The standard InChI is InChI=1S/C26H35N3O2/c1-26(2,3)16-24(30)29(17-19-9-7-6-8-10-19)18-21-15-22(13-14-23(21)28(4)5)27-25(31)20-11-12-20/h6-10,13-15,20H,11-12,16-18H2,1-5H3,(H,27,31). The number of nitrogens with zero attached hydrogens (tertiary/aromatic N) is 2. The van der Waals surface area contributed by atoms with E-state index in [0.717, 1.165) is 35.3 Å². The first-order valence-electron chi connectivity index (χ1n) is 11.1. The number of hydrogen-bond donors (Lipinski definition) is 1. The van der Waals surface area contributed by atoms with Gasteiger partial charge in [-0.15, -0.1) is 0 Å². The van der Waals surface area contributed by atoms with Gasteiger partial charge in [-0.1, -0.05) is 51.1 Å². The van der Waals surface area contributed by atoms with Gasteiger partial charge in [-0.3, -0.25) is 9.59 Å². The lowest BCUT2D eigenvalue weighted by molar-refractivity contribution is -0.134. The van der Waals surface area contributed by atoms with Crippen molar-refractivity contribution in [1.82, 2.24) is 4.90 Å². The second-order valence-corrected chi connectivity index (χ2v) is 9.97. The highest BCUT2D eigenvalue weighted by Crippen LogP contribution is 2.31. The Morgan fingerprint density at radius 3 is 2.26 bits per heavy atom. The molecule has 3 rings (SSSR count). The van der Waals surface area contributed by atoms with Crippen LogP contribution >= 0.6 is 0 Å². The first-order valence-corrected chi connectivity index (χ1v) is 11.1. The minimum Gasteiger partial charge on any atom is -0.377 e. The van der Waals surface area contributed by atoms with E-state index in [1.807, 2.05) is 55.4 Å². The monoisotopic (exact) mass is 421 g/mol. The molecule has 0 aromatic heterocycles. The van der Waals surface area contributed by atoms with Crippen LogP contribution in [-0.4, -0.2) is 30.8 Å². The Balaban J connectivity index is 1.87. The van der Waals surface area contributed by atoms with E-state index < -0.39 is 0 Å². The second-order valence-electron chi connectivity index (χ2n) is 9.97. The van der Waals surface area contributed by atoms with Gasteiger partial charge in [0, 0.05) is 50.9 Å². The quantitative estimate of drug-likeness (QED) is 0.648. The second kappa shape index (κ2) is 9.54. The third-order valence-electron chi connectivity index (χ3n) is 5.39. The highest BCUT2D eigenvalue weighted by atomic mass is 16.2. The fourth-order valence-corrected chi connectivity index (χ4v) is 3.62. The van der Waals surface area contributed by atoms with Gasteiger partial charge in [0.05, 0.1) is 0 Å². The van der Waals surface area contributed by atoms with E-state index in [4.69, 9.17) is 0 Å². The van der Waals surface area contributed by atoms with Crippen molar-refractivity contribution < 1.29 is 9.59 Å². The molecular weight excluding hydrogens is 386 g/mol. The van der Waals surface area contributed by atoms with E-state index >= 15 is 0 Å². The van der Waals surface area contributed by atoms with E-state index in [1.54, 1.807) is 0 Å². The van der Waals surface area contributed by atoms with Crippen LogP contribution in [-0.2, 0) is 22.7 Å². The number of amides is 2. The van der Waals surface area contributed by atoms with Gasteiger partial charge >= 0.3 is 0 Å². The summed E-state index contributed by atoms with van der Waals surface area (Å²) in [6.45, 7) is 7.31. The Kier molecular flexibility index (Phi) is 7.04. The van der Waals surface area contributed by atoms with Gasteiger partial charge in [0.2, 0.25) is 11.8 Å². The largest absolute Gasteiger partial charge is 0.377 e. The Bertz CT molecular complexity index is 912. The molecule has 31 heavy (non-hydrogen) atoms. The van der Waals surface area contributed by atoms with Crippen molar-refractivity contribution in [3.8, 4) is 0 Å². The molecule has 166 valence electrons. The Labute approximate surface area is 186 Å². The van der Waals surface area contributed by atoms with Crippen molar-refractivity contribution >= 4 is 23.2 Å². The molecule has 1 aliphatic rings. The fourth-order valence-electron chi connectivity index (χ4n) is 3.62. The molecule has 5 nitrogen and oxygen atoms in total. The van der Waals surface area contributed by atoms with Crippen molar-refractivity contribution in [2.75, 3.05) is 24.3 Å². The van der Waals surface area contributed by atoms with Crippen LogP contribution in [0.2, 0.25) is 0 Å². The summed E-state index contributed by atoms with van der Waals surface area (Å²) >= 11 is 0. The minimum atomic E-state index is -0.0868. The molecule has 0 atom stereocenters. The highest BCUT2D eigenvalue weighted by Gasteiger charge is 2.30. The van der Waals surface area contributed by atoms with Crippen LogP contribution in [0.3, 0.4) is 0 Å². The summed E-state index contributed by atoms with van der Waals surface area (Å²) in [7, 11) is 4.00. The van der Waals surface area contributed by atoms with E-state index in [1.165, 1.54) is 0 Å². The van der Waals surface area contributed by atoms with Gasteiger partial charge in [0.15, 0.2) is 0 Å². The van der Waals surface area contributed by atoms with Crippen LogP contribution in [0.4, 0.5) is 11.4 Å². The number of rotatable bonds is 8. The molecule has 2 aromatic rings. The summed E-state index contributed by atoms with van der Waals surface area (Å²) in [5, 5.41) is 3.04. The molecule has 2 aromatic carbocycles. The van der Waals surface area contributed by atoms with Crippen LogP contribution in [0.5, 0.6) is 0 Å². The first kappa shape index (κ1) is 22.9. The Morgan fingerprint density at radius 2 is 1.68 bits per heavy atom. The average Bonchev–Trinajstić information content (AvgIpc) is 3.52. The number of hydrogen-bond acceptors (Lipinski definition) is 3. The predicted molar refractivity (Wildman–Crippen MR) is 127 cm³/mol. The Hall–Kier alpha value is -2.82. The molecule has 0 bridgehead atoms. The number of carbonyl (C=O) groups is 2. The molecule has 5 heteroatoms. The SMILES string of the molecule is CN(C)c1ccc(NC(=O)C2CC2)cc1CN(Cc1ccccc1)C(=O)CC(C)(C)C. The molecule has 1 fully saturated rings. The fraction of sp³-hybridized carbons (Fsp3) is 0.462. The van der Waals surface area contributed by atoms with Gasteiger partial charge in [0.1, 0.15) is 0 Å². The molecule has 2 amide bonds. The average molecular weight is 422 g/mol. The van der Waals surface area contributed by atoms with Crippen molar-refractivity contribution in [1.29, 1.82) is 0 Å². The van der Waals surface area contributed by atoms with Crippen molar-refractivity contribution in [2.24, 2.45) is 11.3 Å². The van der Waals surface area contributed by atoms with Crippen LogP contribution in [0.15, 0.2) is 48.5 Å². The minimum absolute atomic E-state index is 0.0868. The maximum Gasteiger partial charge on any atom is 0.227 e. The number of carbonyl (C=O) groups excluding carboxylic acids is 2. The van der Waals surface area contributed by atoms with Gasteiger partial charge in [-0.25, -0.2) is 0 Å². The lowest BCUT2D eigenvalue weighted by Gasteiger charge is -2.29. The smallest absolute Gasteiger partial charge is 0.227 e. The molecule has 0 spiro atoms. The zero-order chi connectivity index (χ0) is 22.6. The molecule has 1 N–H and O–H groups in total. The lowest BCUT2D eigenvalue weighted by Crippen LogP contribution is -2.33. The number of anilines is 2. The predicted octanol–water partition coefficient (Wildman–Crippen LogP) is 5.07. The summed E-state index contributed by atoms with van der Waals surface area (Å²) < 4.78 is 0. The zero-order valence-electron chi connectivity index (χ0n) is 19.4. The van der Waals surface area contributed by atoms with E-state index in [0.29, 0.717) is 19.5 Å². The van der Waals surface area contributed by atoms with E-state index in [2.05, 4.69) is 43.1 Å². The lowest BCUT2D eigenvalue weighted by atomic mass is 9.91. The zero-order valence-corrected chi connectivity index (χ0v) is 19.4. The summed E-state index contributed by atoms with van der Waals surface area (Å²) in [6, 6.07) is 16.1. The summed E-state index contributed by atoms with van der Waals surface area (Å²) in [5.41, 5.74) is 3.88. The molecule has 0 saturated heterocycles. The van der Waals surface area contributed by atoms with Crippen molar-refractivity contribution in [2.45, 2.75) is 53.1 Å². The normalized spacial score (nSPS) is 13.6. The van der Waals surface area contributed by atoms with Gasteiger partial charge in [0.25, 0.3) is 0 Å². The molecule has 1 aliphatic carbocycles. The van der Waals surface area contributed by atoms with Gasteiger partial charge in [-0.2, -0.15) is 0 Å². The summed E-state index contributed by atoms with van der Waals surface area (Å²) in [4.78, 5) is 29.5. The third-order valence-corrected chi connectivity index (χ3v) is 5.39.